The van der Waals surface area contributed by atoms with Crippen molar-refractivity contribution in [3.8, 4) is 11.4 Å². The topological polar surface area (TPSA) is 33.6 Å². The maximum Gasteiger partial charge on any atom is 0.195 e. The predicted molar refractivity (Wildman–Crippen MR) is 86.4 cm³/mol. The molecule has 4 heteroatoms. The lowest BCUT2D eigenvalue weighted by atomic mass is 9.87. The van der Waals surface area contributed by atoms with E-state index in [4.69, 9.17) is 12.2 Å². The summed E-state index contributed by atoms with van der Waals surface area (Å²) in [6.45, 7) is 11.9. The molecule has 0 saturated heterocycles. The molecule has 3 nitrogen and oxygen atoms in total. The van der Waals surface area contributed by atoms with Crippen LogP contribution in [0.1, 0.15) is 40.2 Å². The average molecular weight is 289 g/mol. The standard InChI is InChI=1S/C16H23N3S/c1-11(2)10-19-14(17-18-15(19)20)12-6-8-13(9-7-12)16(3,4)5/h6-9,11H,10H2,1-5H3,(H,18,20). The second-order valence-corrected chi connectivity index (χ2v) is 7.07. The molecule has 0 atom stereocenters. The van der Waals surface area contributed by atoms with Crippen molar-refractivity contribution >= 4 is 12.2 Å². The highest BCUT2D eigenvalue weighted by atomic mass is 32.1. The van der Waals surface area contributed by atoms with Crippen LogP contribution in [0.5, 0.6) is 0 Å². The van der Waals surface area contributed by atoms with E-state index >= 15 is 0 Å². The molecule has 2 rings (SSSR count). The summed E-state index contributed by atoms with van der Waals surface area (Å²) < 4.78 is 2.76. The third-order valence-electron chi connectivity index (χ3n) is 3.32. The largest absolute Gasteiger partial charge is 0.300 e. The third kappa shape index (κ3) is 3.18. The smallest absolute Gasteiger partial charge is 0.195 e. The molecule has 2 aromatic rings. The van der Waals surface area contributed by atoms with Crippen LogP contribution in [-0.2, 0) is 12.0 Å². The lowest BCUT2D eigenvalue weighted by Crippen LogP contribution is -2.11. The van der Waals surface area contributed by atoms with Crippen molar-refractivity contribution in [2.45, 2.75) is 46.6 Å². The summed E-state index contributed by atoms with van der Waals surface area (Å²) in [5.74, 6) is 1.45. The molecule has 0 radical (unpaired) electrons. The van der Waals surface area contributed by atoms with E-state index in [0.29, 0.717) is 10.7 Å². The minimum Gasteiger partial charge on any atom is -0.300 e. The summed E-state index contributed by atoms with van der Waals surface area (Å²) in [7, 11) is 0. The molecular weight excluding hydrogens is 266 g/mol. The van der Waals surface area contributed by atoms with E-state index in [9.17, 15) is 0 Å². The Bertz CT molecular complexity index is 627. The number of aromatic nitrogens is 3. The van der Waals surface area contributed by atoms with Crippen LogP contribution in [-0.4, -0.2) is 14.8 Å². The fraction of sp³-hybridized carbons (Fsp3) is 0.500. The van der Waals surface area contributed by atoms with Crippen LogP contribution in [0.4, 0.5) is 0 Å². The molecule has 1 aromatic heterocycles. The number of benzene rings is 1. The summed E-state index contributed by atoms with van der Waals surface area (Å²) in [5.41, 5.74) is 2.60. The van der Waals surface area contributed by atoms with Crippen LogP contribution in [0.15, 0.2) is 24.3 Å². The molecule has 1 heterocycles. The Labute approximate surface area is 126 Å². The molecule has 0 unspecified atom stereocenters. The molecule has 0 spiro atoms. The van der Waals surface area contributed by atoms with Crippen molar-refractivity contribution in [3.05, 3.63) is 34.6 Å². The monoisotopic (exact) mass is 289 g/mol. The number of H-pyrrole nitrogens is 1. The molecule has 0 bridgehead atoms. The first kappa shape index (κ1) is 15.0. The van der Waals surface area contributed by atoms with Crippen LogP contribution >= 0.6 is 12.2 Å². The maximum absolute atomic E-state index is 5.32. The number of rotatable bonds is 3. The molecule has 0 aliphatic rings. The van der Waals surface area contributed by atoms with Crippen molar-refractivity contribution in [2.75, 3.05) is 0 Å². The normalized spacial score (nSPS) is 12.1. The number of hydrogen-bond donors (Lipinski definition) is 1. The fourth-order valence-corrected chi connectivity index (χ4v) is 2.40. The molecule has 0 aliphatic carbocycles. The quantitative estimate of drug-likeness (QED) is 0.840. The molecule has 0 amide bonds. The zero-order valence-electron chi connectivity index (χ0n) is 12.9. The van der Waals surface area contributed by atoms with Gasteiger partial charge < -0.3 is 0 Å². The number of hydrogen-bond acceptors (Lipinski definition) is 2. The van der Waals surface area contributed by atoms with Crippen LogP contribution in [0, 0.1) is 10.7 Å². The predicted octanol–water partition coefficient (Wildman–Crippen LogP) is 4.56. The van der Waals surface area contributed by atoms with Gasteiger partial charge in [0.15, 0.2) is 10.6 Å². The molecule has 0 saturated carbocycles. The molecule has 1 aromatic carbocycles. The van der Waals surface area contributed by atoms with Crippen molar-refractivity contribution < 1.29 is 0 Å². The van der Waals surface area contributed by atoms with E-state index in [1.165, 1.54) is 5.56 Å². The van der Waals surface area contributed by atoms with Crippen molar-refractivity contribution in [1.29, 1.82) is 0 Å². The Morgan fingerprint density at radius 1 is 1.20 bits per heavy atom. The van der Waals surface area contributed by atoms with E-state index in [1.807, 2.05) is 0 Å². The summed E-state index contributed by atoms with van der Waals surface area (Å²) in [6, 6.07) is 8.60. The van der Waals surface area contributed by atoms with Gasteiger partial charge in [-0.1, -0.05) is 58.9 Å². The Balaban J connectivity index is 2.40. The first-order chi connectivity index (χ1) is 9.29. The van der Waals surface area contributed by atoms with Crippen molar-refractivity contribution in [2.24, 2.45) is 5.92 Å². The van der Waals surface area contributed by atoms with Gasteiger partial charge in [0.05, 0.1) is 0 Å². The van der Waals surface area contributed by atoms with Gasteiger partial charge in [0.25, 0.3) is 0 Å². The van der Waals surface area contributed by atoms with E-state index in [-0.39, 0.29) is 5.41 Å². The van der Waals surface area contributed by atoms with Gasteiger partial charge in [-0.3, -0.25) is 9.67 Å². The Morgan fingerprint density at radius 3 is 2.30 bits per heavy atom. The Kier molecular flexibility index (Phi) is 4.14. The minimum absolute atomic E-state index is 0.168. The summed E-state index contributed by atoms with van der Waals surface area (Å²) >= 11 is 5.32. The summed E-state index contributed by atoms with van der Waals surface area (Å²) in [5, 5.41) is 7.28. The number of nitrogens with one attached hydrogen (secondary N) is 1. The van der Waals surface area contributed by atoms with Gasteiger partial charge >= 0.3 is 0 Å². The molecule has 1 N–H and O–H groups in total. The average Bonchev–Trinajstić information content (AvgIpc) is 2.70. The molecule has 0 fully saturated rings. The van der Waals surface area contributed by atoms with Crippen LogP contribution in [0.2, 0.25) is 0 Å². The molecular formula is C16H23N3S. The maximum atomic E-state index is 5.32. The van der Waals surface area contributed by atoms with Crippen molar-refractivity contribution in [1.82, 2.24) is 14.8 Å². The highest BCUT2D eigenvalue weighted by Crippen LogP contribution is 2.25. The second kappa shape index (κ2) is 5.52. The van der Waals surface area contributed by atoms with Crippen LogP contribution in [0.25, 0.3) is 11.4 Å². The second-order valence-electron chi connectivity index (χ2n) is 6.68. The molecule has 108 valence electrons. The molecule has 20 heavy (non-hydrogen) atoms. The summed E-state index contributed by atoms with van der Waals surface area (Å²) in [4.78, 5) is 0. The van der Waals surface area contributed by atoms with Gasteiger partial charge in [0.2, 0.25) is 0 Å². The van der Waals surface area contributed by atoms with Gasteiger partial charge in [-0.05, 0) is 29.1 Å². The number of nitrogens with zero attached hydrogens (tertiary/aromatic N) is 2. The summed E-state index contributed by atoms with van der Waals surface area (Å²) in [6.07, 6.45) is 0. The zero-order valence-corrected chi connectivity index (χ0v) is 13.7. The van der Waals surface area contributed by atoms with Gasteiger partial charge in [-0.25, -0.2) is 0 Å². The first-order valence-electron chi connectivity index (χ1n) is 7.05. The SMILES string of the molecule is CC(C)Cn1c(-c2ccc(C(C)(C)C)cc2)n[nH]c1=S. The van der Waals surface area contributed by atoms with E-state index in [0.717, 1.165) is 17.9 Å². The fourth-order valence-electron chi connectivity index (χ4n) is 2.19. The zero-order chi connectivity index (χ0) is 14.9. The van der Waals surface area contributed by atoms with Gasteiger partial charge in [-0.2, -0.15) is 5.10 Å². The van der Waals surface area contributed by atoms with Gasteiger partial charge in [0.1, 0.15) is 0 Å². The lowest BCUT2D eigenvalue weighted by molar-refractivity contribution is 0.521. The third-order valence-corrected chi connectivity index (χ3v) is 3.63. The van der Waals surface area contributed by atoms with E-state index in [2.05, 4.69) is 73.6 Å². The highest BCUT2D eigenvalue weighted by molar-refractivity contribution is 7.71. The van der Waals surface area contributed by atoms with E-state index in [1.54, 1.807) is 0 Å². The molecule has 0 aliphatic heterocycles. The minimum atomic E-state index is 0.168. The Morgan fingerprint density at radius 2 is 1.80 bits per heavy atom. The van der Waals surface area contributed by atoms with Gasteiger partial charge in [0, 0.05) is 12.1 Å². The number of aromatic amines is 1. The van der Waals surface area contributed by atoms with Crippen molar-refractivity contribution in [3.63, 3.8) is 0 Å². The Hall–Kier alpha value is -1.42. The van der Waals surface area contributed by atoms with E-state index < -0.39 is 0 Å². The first-order valence-corrected chi connectivity index (χ1v) is 7.46. The highest BCUT2D eigenvalue weighted by Gasteiger charge is 2.15. The van der Waals surface area contributed by atoms with Gasteiger partial charge in [-0.15, -0.1) is 0 Å². The lowest BCUT2D eigenvalue weighted by Gasteiger charge is -2.19. The van der Waals surface area contributed by atoms with Crippen LogP contribution < -0.4 is 0 Å². The van der Waals surface area contributed by atoms with Crippen LogP contribution in [0.3, 0.4) is 0 Å².